The Morgan fingerprint density at radius 1 is 1.40 bits per heavy atom. The molecule has 1 unspecified atom stereocenters. The molecule has 1 aliphatic rings. The van der Waals surface area contributed by atoms with Crippen molar-refractivity contribution >= 4 is 0 Å². The molecular formula is C11H13F2NO. The van der Waals surface area contributed by atoms with E-state index in [0.29, 0.717) is 12.5 Å². The lowest BCUT2D eigenvalue weighted by Gasteiger charge is -2.11. The standard InChI is InChI=1S/C11H13F2NO/c12-9-1-2-11(10(13)5-9)15-7-8-3-4-14-6-8/h1-2,5,8,14H,3-4,6-7H2. The SMILES string of the molecule is Fc1ccc(OCC2CCNC2)c(F)c1. The predicted molar refractivity (Wildman–Crippen MR) is 52.8 cm³/mol. The monoisotopic (exact) mass is 213 g/mol. The van der Waals surface area contributed by atoms with Crippen LogP contribution in [0.3, 0.4) is 0 Å². The summed E-state index contributed by atoms with van der Waals surface area (Å²) in [5, 5.41) is 3.20. The van der Waals surface area contributed by atoms with E-state index in [1.165, 1.54) is 12.1 Å². The lowest BCUT2D eigenvalue weighted by molar-refractivity contribution is 0.249. The Kier molecular flexibility index (Phi) is 3.16. The van der Waals surface area contributed by atoms with Crippen molar-refractivity contribution in [2.75, 3.05) is 19.7 Å². The molecule has 0 radical (unpaired) electrons. The van der Waals surface area contributed by atoms with E-state index >= 15 is 0 Å². The molecule has 1 heterocycles. The Morgan fingerprint density at radius 2 is 2.27 bits per heavy atom. The maximum atomic E-state index is 13.1. The molecule has 2 nitrogen and oxygen atoms in total. The van der Waals surface area contributed by atoms with Crippen molar-refractivity contribution in [2.45, 2.75) is 6.42 Å². The van der Waals surface area contributed by atoms with Gasteiger partial charge in [-0.2, -0.15) is 0 Å². The minimum absolute atomic E-state index is 0.128. The molecular weight excluding hydrogens is 200 g/mol. The molecule has 2 rings (SSSR count). The lowest BCUT2D eigenvalue weighted by atomic mass is 10.1. The fraction of sp³-hybridized carbons (Fsp3) is 0.455. The summed E-state index contributed by atoms with van der Waals surface area (Å²) in [7, 11) is 0. The Morgan fingerprint density at radius 3 is 2.93 bits per heavy atom. The molecule has 1 atom stereocenters. The van der Waals surface area contributed by atoms with Gasteiger partial charge in [-0.3, -0.25) is 0 Å². The second-order valence-electron chi connectivity index (χ2n) is 3.74. The smallest absolute Gasteiger partial charge is 0.167 e. The van der Waals surface area contributed by atoms with Crippen LogP contribution in [0.2, 0.25) is 0 Å². The average molecular weight is 213 g/mol. The summed E-state index contributed by atoms with van der Waals surface area (Å²) < 4.78 is 31.0. The number of benzene rings is 1. The molecule has 0 aliphatic carbocycles. The van der Waals surface area contributed by atoms with Crippen molar-refractivity contribution in [1.82, 2.24) is 5.32 Å². The topological polar surface area (TPSA) is 21.3 Å². The Labute approximate surface area is 87.2 Å². The van der Waals surface area contributed by atoms with Crippen molar-refractivity contribution in [3.05, 3.63) is 29.8 Å². The van der Waals surface area contributed by atoms with E-state index in [4.69, 9.17) is 4.74 Å². The number of nitrogens with one attached hydrogen (secondary N) is 1. The van der Waals surface area contributed by atoms with Gasteiger partial charge in [0.1, 0.15) is 5.82 Å². The van der Waals surface area contributed by atoms with Crippen molar-refractivity contribution in [2.24, 2.45) is 5.92 Å². The quantitative estimate of drug-likeness (QED) is 0.828. The van der Waals surface area contributed by atoms with Gasteiger partial charge in [-0.15, -0.1) is 0 Å². The number of rotatable bonds is 3. The summed E-state index contributed by atoms with van der Waals surface area (Å²) in [6, 6.07) is 3.36. The van der Waals surface area contributed by atoms with E-state index in [9.17, 15) is 8.78 Å². The van der Waals surface area contributed by atoms with Gasteiger partial charge in [-0.25, -0.2) is 8.78 Å². The average Bonchev–Trinajstić information content (AvgIpc) is 2.69. The predicted octanol–water partition coefficient (Wildman–Crippen LogP) is 1.95. The van der Waals surface area contributed by atoms with Crippen LogP contribution in [0.15, 0.2) is 18.2 Å². The molecule has 0 amide bonds. The molecule has 0 bridgehead atoms. The maximum absolute atomic E-state index is 13.1. The number of halogens is 2. The molecule has 1 aliphatic heterocycles. The van der Waals surface area contributed by atoms with E-state index in [1.807, 2.05) is 0 Å². The third kappa shape index (κ3) is 2.65. The molecule has 1 aromatic carbocycles. The Hall–Kier alpha value is -1.16. The zero-order chi connectivity index (χ0) is 10.7. The Balaban J connectivity index is 1.92. The molecule has 1 fully saturated rings. The maximum Gasteiger partial charge on any atom is 0.167 e. The van der Waals surface area contributed by atoms with Crippen molar-refractivity contribution in [3.63, 3.8) is 0 Å². The summed E-state index contributed by atoms with van der Waals surface area (Å²) in [4.78, 5) is 0. The highest BCUT2D eigenvalue weighted by Crippen LogP contribution is 2.19. The summed E-state index contributed by atoms with van der Waals surface area (Å²) in [5.41, 5.74) is 0. The highest BCUT2D eigenvalue weighted by atomic mass is 19.1. The molecule has 0 saturated carbocycles. The highest BCUT2D eigenvalue weighted by molar-refractivity contribution is 5.24. The van der Waals surface area contributed by atoms with Gasteiger partial charge >= 0.3 is 0 Å². The van der Waals surface area contributed by atoms with Gasteiger partial charge in [0.25, 0.3) is 0 Å². The fourth-order valence-corrected chi connectivity index (χ4v) is 1.66. The van der Waals surface area contributed by atoms with Gasteiger partial charge < -0.3 is 10.1 Å². The van der Waals surface area contributed by atoms with Crippen molar-refractivity contribution in [1.29, 1.82) is 0 Å². The van der Waals surface area contributed by atoms with Crippen LogP contribution in [0.5, 0.6) is 5.75 Å². The van der Waals surface area contributed by atoms with E-state index in [1.54, 1.807) is 0 Å². The zero-order valence-electron chi connectivity index (χ0n) is 8.30. The van der Waals surface area contributed by atoms with Crippen LogP contribution in [0, 0.1) is 17.6 Å². The van der Waals surface area contributed by atoms with Gasteiger partial charge in [0.05, 0.1) is 6.61 Å². The summed E-state index contributed by atoms with van der Waals surface area (Å²) in [6.07, 6.45) is 1.04. The summed E-state index contributed by atoms with van der Waals surface area (Å²) >= 11 is 0. The van der Waals surface area contributed by atoms with E-state index in [0.717, 1.165) is 25.6 Å². The molecule has 82 valence electrons. The number of ether oxygens (including phenoxy) is 1. The van der Waals surface area contributed by atoms with E-state index in [2.05, 4.69) is 5.32 Å². The minimum atomic E-state index is -0.638. The highest BCUT2D eigenvalue weighted by Gasteiger charge is 2.15. The molecule has 1 N–H and O–H groups in total. The first kappa shape index (κ1) is 10.4. The first-order valence-electron chi connectivity index (χ1n) is 5.04. The summed E-state index contributed by atoms with van der Waals surface area (Å²) in [6.45, 7) is 2.37. The van der Waals surface area contributed by atoms with Crippen LogP contribution in [-0.2, 0) is 0 Å². The van der Waals surface area contributed by atoms with Gasteiger partial charge in [0.15, 0.2) is 11.6 Å². The van der Waals surface area contributed by atoms with E-state index < -0.39 is 11.6 Å². The molecule has 4 heteroatoms. The van der Waals surface area contributed by atoms with Crippen molar-refractivity contribution < 1.29 is 13.5 Å². The van der Waals surface area contributed by atoms with Gasteiger partial charge in [0.2, 0.25) is 0 Å². The van der Waals surface area contributed by atoms with E-state index in [-0.39, 0.29) is 5.75 Å². The third-order valence-electron chi connectivity index (χ3n) is 2.53. The fourth-order valence-electron chi connectivity index (χ4n) is 1.66. The first-order valence-corrected chi connectivity index (χ1v) is 5.04. The molecule has 15 heavy (non-hydrogen) atoms. The second kappa shape index (κ2) is 4.57. The van der Waals surface area contributed by atoms with Gasteiger partial charge in [-0.1, -0.05) is 0 Å². The third-order valence-corrected chi connectivity index (χ3v) is 2.53. The van der Waals surface area contributed by atoms with Crippen LogP contribution in [0.4, 0.5) is 8.78 Å². The van der Waals surface area contributed by atoms with Gasteiger partial charge in [-0.05, 0) is 25.1 Å². The normalized spacial score (nSPS) is 20.5. The molecule has 1 saturated heterocycles. The van der Waals surface area contributed by atoms with Crippen LogP contribution in [-0.4, -0.2) is 19.7 Å². The van der Waals surface area contributed by atoms with Crippen LogP contribution >= 0.6 is 0 Å². The molecule has 0 spiro atoms. The molecule has 1 aromatic rings. The van der Waals surface area contributed by atoms with Gasteiger partial charge in [0, 0.05) is 18.5 Å². The number of hydrogen-bond donors (Lipinski definition) is 1. The Bertz CT molecular complexity index is 337. The zero-order valence-corrected chi connectivity index (χ0v) is 8.30. The lowest BCUT2D eigenvalue weighted by Crippen LogP contribution is -2.15. The van der Waals surface area contributed by atoms with Crippen LogP contribution in [0.1, 0.15) is 6.42 Å². The largest absolute Gasteiger partial charge is 0.490 e. The first-order chi connectivity index (χ1) is 7.25. The summed E-state index contributed by atoms with van der Waals surface area (Å²) in [5.74, 6) is -0.666. The minimum Gasteiger partial charge on any atom is -0.490 e. The molecule has 0 aromatic heterocycles. The second-order valence-corrected chi connectivity index (χ2v) is 3.74. The van der Waals surface area contributed by atoms with Crippen LogP contribution in [0.25, 0.3) is 0 Å². The van der Waals surface area contributed by atoms with Crippen LogP contribution < -0.4 is 10.1 Å². The van der Waals surface area contributed by atoms with Crippen molar-refractivity contribution in [3.8, 4) is 5.75 Å². The number of hydrogen-bond acceptors (Lipinski definition) is 2.